The van der Waals surface area contributed by atoms with Gasteiger partial charge in [-0.05, 0) is 45.0 Å². The van der Waals surface area contributed by atoms with Crippen molar-refractivity contribution in [1.82, 2.24) is 15.3 Å². The molecule has 0 fully saturated rings. The summed E-state index contributed by atoms with van der Waals surface area (Å²) in [4.78, 5) is 19.8. The van der Waals surface area contributed by atoms with Crippen LogP contribution in [0.15, 0.2) is 30.5 Å². The average Bonchev–Trinajstić information content (AvgIpc) is 2.82. The first kappa shape index (κ1) is 14.4. The number of carbonyl (C=O) groups is 1. The van der Waals surface area contributed by atoms with Crippen molar-refractivity contribution in [3.05, 3.63) is 36.2 Å². The summed E-state index contributed by atoms with van der Waals surface area (Å²) in [5.41, 5.74) is 2.00. The fraction of sp³-hybridized carbons (Fsp3) is 0.294. The number of fused-ring (bicyclic) bond motifs is 3. The SMILES string of the molecule is COc1ccc2[nH]c3cnc(C(=O)NC(C)(C)C)cc3c2c1. The molecule has 0 saturated carbocycles. The number of aromatic nitrogens is 2. The monoisotopic (exact) mass is 297 g/mol. The third-order valence-corrected chi connectivity index (χ3v) is 3.41. The third kappa shape index (κ3) is 2.62. The molecule has 0 bridgehead atoms. The number of nitrogens with zero attached hydrogens (tertiary/aromatic N) is 1. The summed E-state index contributed by atoms with van der Waals surface area (Å²) >= 11 is 0. The number of rotatable bonds is 2. The maximum absolute atomic E-state index is 12.3. The molecule has 1 amide bonds. The van der Waals surface area contributed by atoms with E-state index in [-0.39, 0.29) is 11.4 Å². The van der Waals surface area contributed by atoms with E-state index in [9.17, 15) is 4.79 Å². The highest BCUT2D eigenvalue weighted by Gasteiger charge is 2.17. The second-order valence-electron chi connectivity index (χ2n) is 6.36. The van der Waals surface area contributed by atoms with Gasteiger partial charge in [0.05, 0.1) is 18.8 Å². The number of pyridine rings is 1. The second kappa shape index (κ2) is 5.02. The van der Waals surface area contributed by atoms with Crippen molar-refractivity contribution < 1.29 is 9.53 Å². The Morgan fingerprint density at radius 2 is 1.91 bits per heavy atom. The fourth-order valence-electron chi connectivity index (χ4n) is 2.43. The van der Waals surface area contributed by atoms with E-state index < -0.39 is 0 Å². The van der Waals surface area contributed by atoms with Crippen LogP contribution in [0.4, 0.5) is 0 Å². The Balaban J connectivity index is 2.11. The topological polar surface area (TPSA) is 67.0 Å². The first-order chi connectivity index (χ1) is 10.4. The summed E-state index contributed by atoms with van der Waals surface area (Å²) in [6, 6.07) is 7.63. The smallest absolute Gasteiger partial charge is 0.270 e. The summed E-state index contributed by atoms with van der Waals surface area (Å²) in [5, 5.41) is 4.90. The molecule has 0 spiro atoms. The summed E-state index contributed by atoms with van der Waals surface area (Å²) < 4.78 is 5.28. The number of benzene rings is 1. The molecule has 114 valence electrons. The van der Waals surface area contributed by atoms with Gasteiger partial charge in [-0.1, -0.05) is 0 Å². The molecule has 0 radical (unpaired) electrons. The molecule has 0 atom stereocenters. The van der Waals surface area contributed by atoms with Gasteiger partial charge in [-0.15, -0.1) is 0 Å². The summed E-state index contributed by atoms with van der Waals surface area (Å²) in [5.74, 6) is 0.609. The van der Waals surface area contributed by atoms with Gasteiger partial charge in [-0.3, -0.25) is 4.79 Å². The van der Waals surface area contributed by atoms with Crippen molar-refractivity contribution in [2.75, 3.05) is 7.11 Å². The largest absolute Gasteiger partial charge is 0.497 e. The lowest BCUT2D eigenvalue weighted by molar-refractivity contribution is 0.0914. The van der Waals surface area contributed by atoms with Gasteiger partial charge in [0, 0.05) is 21.8 Å². The zero-order valence-electron chi connectivity index (χ0n) is 13.2. The Kier molecular flexibility index (Phi) is 3.28. The van der Waals surface area contributed by atoms with Crippen LogP contribution in [0, 0.1) is 0 Å². The molecule has 2 N–H and O–H groups in total. The highest BCUT2D eigenvalue weighted by atomic mass is 16.5. The Hall–Kier alpha value is -2.56. The van der Waals surface area contributed by atoms with Gasteiger partial charge in [-0.25, -0.2) is 4.98 Å². The Bertz CT molecular complexity index is 859. The highest BCUT2D eigenvalue weighted by molar-refractivity contribution is 6.09. The lowest BCUT2D eigenvalue weighted by Gasteiger charge is -2.20. The minimum absolute atomic E-state index is 0.174. The van der Waals surface area contributed by atoms with Crippen molar-refractivity contribution in [1.29, 1.82) is 0 Å². The zero-order valence-corrected chi connectivity index (χ0v) is 13.2. The van der Waals surface area contributed by atoms with Crippen LogP contribution in [0.2, 0.25) is 0 Å². The van der Waals surface area contributed by atoms with E-state index in [2.05, 4.69) is 15.3 Å². The van der Waals surface area contributed by atoms with Crippen LogP contribution in [0.5, 0.6) is 5.75 Å². The molecular weight excluding hydrogens is 278 g/mol. The van der Waals surface area contributed by atoms with Crippen LogP contribution in [0.25, 0.3) is 21.8 Å². The molecule has 22 heavy (non-hydrogen) atoms. The quantitative estimate of drug-likeness (QED) is 0.763. The van der Waals surface area contributed by atoms with E-state index in [4.69, 9.17) is 4.74 Å². The predicted octanol–water partition coefficient (Wildman–Crippen LogP) is 3.25. The van der Waals surface area contributed by atoms with Crippen molar-refractivity contribution in [2.45, 2.75) is 26.3 Å². The van der Waals surface area contributed by atoms with Crippen LogP contribution in [0.3, 0.4) is 0 Å². The average molecular weight is 297 g/mol. The number of ether oxygens (including phenoxy) is 1. The first-order valence-electron chi connectivity index (χ1n) is 7.15. The second-order valence-corrected chi connectivity index (χ2v) is 6.36. The van der Waals surface area contributed by atoms with E-state index in [0.717, 1.165) is 27.6 Å². The van der Waals surface area contributed by atoms with Gasteiger partial charge in [0.1, 0.15) is 11.4 Å². The minimum Gasteiger partial charge on any atom is -0.497 e. The predicted molar refractivity (Wildman–Crippen MR) is 87.4 cm³/mol. The Morgan fingerprint density at radius 1 is 1.18 bits per heavy atom. The molecule has 3 rings (SSSR count). The molecule has 0 aliphatic rings. The van der Waals surface area contributed by atoms with Gasteiger partial charge in [0.2, 0.25) is 0 Å². The molecule has 2 heterocycles. The molecular formula is C17H19N3O2. The normalized spacial score (nSPS) is 11.8. The molecule has 0 aliphatic carbocycles. The number of hydrogen-bond acceptors (Lipinski definition) is 3. The number of methoxy groups -OCH3 is 1. The van der Waals surface area contributed by atoms with Crippen molar-refractivity contribution in [2.24, 2.45) is 0 Å². The number of hydrogen-bond donors (Lipinski definition) is 2. The standard InChI is InChI=1S/C17H19N3O2/c1-17(2,3)20-16(21)14-8-12-11-7-10(22-4)5-6-13(11)19-15(12)9-18-14/h5-9,19H,1-4H3,(H,20,21). The van der Waals surface area contributed by atoms with Crippen molar-refractivity contribution >= 4 is 27.7 Å². The van der Waals surface area contributed by atoms with E-state index in [1.807, 2.05) is 45.0 Å². The lowest BCUT2D eigenvalue weighted by Crippen LogP contribution is -2.40. The van der Waals surface area contributed by atoms with E-state index >= 15 is 0 Å². The van der Waals surface area contributed by atoms with Crippen LogP contribution < -0.4 is 10.1 Å². The van der Waals surface area contributed by atoms with Gasteiger partial charge in [-0.2, -0.15) is 0 Å². The Labute approximate surface area is 128 Å². The first-order valence-corrected chi connectivity index (χ1v) is 7.15. The van der Waals surface area contributed by atoms with E-state index in [1.165, 1.54) is 0 Å². The van der Waals surface area contributed by atoms with Gasteiger partial charge in [0.25, 0.3) is 5.91 Å². The maximum atomic E-state index is 12.3. The van der Waals surface area contributed by atoms with Crippen LogP contribution >= 0.6 is 0 Å². The van der Waals surface area contributed by atoms with Crippen molar-refractivity contribution in [3.8, 4) is 5.75 Å². The Morgan fingerprint density at radius 3 is 2.59 bits per heavy atom. The van der Waals surface area contributed by atoms with Gasteiger partial charge in [0.15, 0.2) is 0 Å². The molecule has 2 aromatic heterocycles. The highest BCUT2D eigenvalue weighted by Crippen LogP contribution is 2.28. The van der Waals surface area contributed by atoms with Gasteiger partial charge >= 0.3 is 0 Å². The lowest BCUT2D eigenvalue weighted by atomic mass is 10.1. The van der Waals surface area contributed by atoms with Crippen LogP contribution in [-0.2, 0) is 0 Å². The van der Waals surface area contributed by atoms with Crippen LogP contribution in [-0.4, -0.2) is 28.5 Å². The van der Waals surface area contributed by atoms with E-state index in [0.29, 0.717) is 5.69 Å². The molecule has 5 nitrogen and oxygen atoms in total. The molecule has 0 saturated heterocycles. The molecule has 0 aliphatic heterocycles. The molecule has 5 heteroatoms. The number of H-pyrrole nitrogens is 1. The third-order valence-electron chi connectivity index (χ3n) is 3.41. The summed E-state index contributed by atoms with van der Waals surface area (Å²) in [7, 11) is 1.64. The van der Waals surface area contributed by atoms with Crippen molar-refractivity contribution in [3.63, 3.8) is 0 Å². The minimum atomic E-state index is -0.294. The summed E-state index contributed by atoms with van der Waals surface area (Å²) in [6.45, 7) is 5.83. The van der Waals surface area contributed by atoms with Gasteiger partial charge < -0.3 is 15.0 Å². The molecule has 3 aromatic rings. The summed E-state index contributed by atoms with van der Waals surface area (Å²) in [6.07, 6.45) is 1.69. The molecule has 0 unspecified atom stereocenters. The number of nitrogens with one attached hydrogen (secondary N) is 2. The fourth-order valence-corrected chi connectivity index (χ4v) is 2.43. The molecule has 1 aromatic carbocycles. The number of amides is 1. The zero-order chi connectivity index (χ0) is 15.9. The number of carbonyl (C=O) groups excluding carboxylic acids is 1. The van der Waals surface area contributed by atoms with Crippen LogP contribution in [0.1, 0.15) is 31.3 Å². The maximum Gasteiger partial charge on any atom is 0.270 e. The number of aromatic amines is 1. The van der Waals surface area contributed by atoms with E-state index in [1.54, 1.807) is 13.3 Å².